The van der Waals surface area contributed by atoms with Gasteiger partial charge in [0.1, 0.15) is 11.3 Å². The van der Waals surface area contributed by atoms with Crippen LogP contribution in [0.1, 0.15) is 44.1 Å². The van der Waals surface area contributed by atoms with Crippen molar-refractivity contribution in [3.8, 4) is 0 Å². The zero-order valence-electron chi connectivity index (χ0n) is 13.8. The number of nitrogens with one attached hydrogen (secondary N) is 2. The van der Waals surface area contributed by atoms with Gasteiger partial charge in [-0.2, -0.15) is 0 Å². The van der Waals surface area contributed by atoms with Crippen LogP contribution in [0.15, 0.2) is 41.7 Å². The Hall–Kier alpha value is -2.30. The van der Waals surface area contributed by atoms with E-state index in [2.05, 4.69) is 10.6 Å². The predicted molar refractivity (Wildman–Crippen MR) is 91.4 cm³/mol. The molecule has 0 spiro atoms. The van der Waals surface area contributed by atoms with Crippen molar-refractivity contribution in [2.75, 3.05) is 0 Å². The maximum Gasteiger partial charge on any atom is 0.260 e. The minimum Gasteiger partial charge on any atom is -0.511 e. The second kappa shape index (κ2) is 7.51. The van der Waals surface area contributed by atoms with Crippen LogP contribution in [-0.2, 0) is 16.0 Å². The Kier molecular flexibility index (Phi) is 5.18. The average molecular weight is 328 g/mol. The van der Waals surface area contributed by atoms with Gasteiger partial charge in [-0.3, -0.25) is 9.59 Å². The van der Waals surface area contributed by atoms with Crippen molar-refractivity contribution in [3.63, 3.8) is 0 Å². The van der Waals surface area contributed by atoms with Crippen molar-refractivity contribution in [1.29, 1.82) is 0 Å². The number of carbonyl (C=O) groups excluding carboxylic acids is 2. The van der Waals surface area contributed by atoms with Crippen LogP contribution >= 0.6 is 0 Å². The molecular formula is C19H24N2O3. The van der Waals surface area contributed by atoms with Crippen LogP contribution < -0.4 is 10.6 Å². The zero-order valence-corrected chi connectivity index (χ0v) is 13.8. The molecule has 1 atom stereocenters. The third kappa shape index (κ3) is 3.96. The Morgan fingerprint density at radius 3 is 2.54 bits per heavy atom. The Morgan fingerprint density at radius 2 is 1.88 bits per heavy atom. The van der Waals surface area contributed by atoms with E-state index in [9.17, 15) is 14.7 Å². The van der Waals surface area contributed by atoms with E-state index in [1.807, 2.05) is 30.3 Å². The normalized spacial score (nSPS) is 22.2. The summed E-state index contributed by atoms with van der Waals surface area (Å²) < 4.78 is 0. The topological polar surface area (TPSA) is 78.4 Å². The van der Waals surface area contributed by atoms with Crippen LogP contribution in [0.2, 0.25) is 0 Å². The molecule has 1 aliphatic heterocycles. The number of benzene rings is 1. The molecule has 5 nitrogen and oxygen atoms in total. The quantitative estimate of drug-likeness (QED) is 0.743. The maximum atomic E-state index is 12.4. The van der Waals surface area contributed by atoms with E-state index in [1.54, 1.807) is 0 Å². The van der Waals surface area contributed by atoms with Crippen LogP contribution in [0.3, 0.4) is 0 Å². The Bertz CT molecular complexity index is 633. The second-order valence-electron chi connectivity index (χ2n) is 6.69. The number of amides is 2. The first-order chi connectivity index (χ1) is 11.6. The summed E-state index contributed by atoms with van der Waals surface area (Å²) in [7, 11) is 0. The minimum atomic E-state index is -0.479. The van der Waals surface area contributed by atoms with Gasteiger partial charge in [0.15, 0.2) is 0 Å². The van der Waals surface area contributed by atoms with Gasteiger partial charge in [0.05, 0.1) is 0 Å². The van der Waals surface area contributed by atoms with E-state index < -0.39 is 11.8 Å². The van der Waals surface area contributed by atoms with Crippen molar-refractivity contribution >= 4 is 11.8 Å². The molecule has 1 unspecified atom stereocenters. The maximum absolute atomic E-state index is 12.4. The van der Waals surface area contributed by atoms with Gasteiger partial charge in [0, 0.05) is 18.5 Å². The highest BCUT2D eigenvalue weighted by Gasteiger charge is 2.32. The third-order valence-electron chi connectivity index (χ3n) is 4.78. The van der Waals surface area contributed by atoms with Crippen molar-refractivity contribution in [2.24, 2.45) is 0 Å². The summed E-state index contributed by atoms with van der Waals surface area (Å²) in [6.45, 7) is 0. The zero-order chi connectivity index (χ0) is 16.9. The van der Waals surface area contributed by atoms with Gasteiger partial charge in [-0.15, -0.1) is 0 Å². The van der Waals surface area contributed by atoms with Crippen molar-refractivity contribution < 1.29 is 14.7 Å². The van der Waals surface area contributed by atoms with E-state index in [0.717, 1.165) is 31.2 Å². The molecule has 2 aliphatic rings. The van der Waals surface area contributed by atoms with Crippen molar-refractivity contribution in [2.45, 2.75) is 57.0 Å². The summed E-state index contributed by atoms with van der Waals surface area (Å²) in [5.41, 5.74) is 0.968. The molecule has 0 aromatic heterocycles. The number of aliphatic hydroxyl groups is 1. The van der Waals surface area contributed by atoms with Crippen molar-refractivity contribution in [3.05, 3.63) is 47.2 Å². The number of carbonyl (C=O) groups is 2. The molecule has 128 valence electrons. The highest BCUT2D eigenvalue weighted by molar-refractivity contribution is 6.19. The van der Waals surface area contributed by atoms with Crippen LogP contribution in [-0.4, -0.2) is 29.0 Å². The number of hydrogen-bond acceptors (Lipinski definition) is 3. The minimum absolute atomic E-state index is 0.104. The molecule has 1 aliphatic carbocycles. The van der Waals surface area contributed by atoms with Crippen molar-refractivity contribution in [1.82, 2.24) is 10.6 Å². The second-order valence-corrected chi connectivity index (χ2v) is 6.69. The molecule has 3 rings (SSSR count). The number of hydrogen-bond donors (Lipinski definition) is 3. The van der Waals surface area contributed by atoms with Gasteiger partial charge in [-0.1, -0.05) is 49.6 Å². The fourth-order valence-corrected chi connectivity index (χ4v) is 3.54. The monoisotopic (exact) mass is 328 g/mol. The lowest BCUT2D eigenvalue weighted by atomic mass is 9.94. The highest BCUT2D eigenvalue weighted by Crippen LogP contribution is 2.21. The van der Waals surface area contributed by atoms with Gasteiger partial charge in [-0.25, -0.2) is 0 Å². The summed E-state index contributed by atoms with van der Waals surface area (Å²) in [5.74, 6) is -1.03. The third-order valence-corrected chi connectivity index (χ3v) is 4.78. The molecule has 0 radical (unpaired) electrons. The van der Waals surface area contributed by atoms with E-state index in [4.69, 9.17) is 0 Å². The first-order valence-corrected chi connectivity index (χ1v) is 8.71. The molecule has 0 saturated heterocycles. The van der Waals surface area contributed by atoms with E-state index in [1.165, 1.54) is 6.42 Å². The summed E-state index contributed by atoms with van der Waals surface area (Å²) in [6.07, 6.45) is 6.20. The first kappa shape index (κ1) is 16.6. The van der Waals surface area contributed by atoms with Gasteiger partial charge in [0.2, 0.25) is 0 Å². The van der Waals surface area contributed by atoms with Gasteiger partial charge in [-0.05, 0) is 24.8 Å². The summed E-state index contributed by atoms with van der Waals surface area (Å²) in [4.78, 5) is 24.7. The Labute approximate surface area is 142 Å². The molecule has 2 amide bonds. The molecule has 1 aromatic rings. The molecule has 0 bridgehead atoms. The molecular weight excluding hydrogens is 304 g/mol. The smallest absolute Gasteiger partial charge is 0.260 e. The Morgan fingerprint density at radius 1 is 1.17 bits per heavy atom. The predicted octanol–water partition coefficient (Wildman–Crippen LogP) is 2.38. The van der Waals surface area contributed by atoms with Gasteiger partial charge in [0.25, 0.3) is 11.8 Å². The van der Waals surface area contributed by atoms with Crippen LogP contribution in [0.4, 0.5) is 0 Å². The molecule has 1 fully saturated rings. The molecule has 5 heteroatoms. The summed E-state index contributed by atoms with van der Waals surface area (Å²) in [5, 5.41) is 16.0. The van der Waals surface area contributed by atoms with Crippen LogP contribution in [0.25, 0.3) is 0 Å². The lowest BCUT2D eigenvalue weighted by Gasteiger charge is -2.27. The van der Waals surface area contributed by atoms with E-state index >= 15 is 0 Å². The lowest BCUT2D eigenvalue weighted by molar-refractivity contribution is -0.125. The first-order valence-electron chi connectivity index (χ1n) is 8.71. The van der Waals surface area contributed by atoms with Crippen LogP contribution in [0.5, 0.6) is 0 Å². The average Bonchev–Trinajstić information content (AvgIpc) is 2.56. The fraction of sp³-hybridized carbons (Fsp3) is 0.474. The van der Waals surface area contributed by atoms with Gasteiger partial charge < -0.3 is 15.7 Å². The largest absolute Gasteiger partial charge is 0.511 e. The Balaban J connectivity index is 1.64. The van der Waals surface area contributed by atoms with E-state index in [-0.39, 0.29) is 29.8 Å². The molecule has 1 heterocycles. The van der Waals surface area contributed by atoms with E-state index in [0.29, 0.717) is 6.42 Å². The number of aliphatic hydroxyl groups excluding tert-OH is 1. The molecule has 3 N–H and O–H groups in total. The molecule has 1 aromatic carbocycles. The number of rotatable bonds is 4. The summed E-state index contributed by atoms with van der Waals surface area (Å²) >= 11 is 0. The SMILES string of the molecule is O=C(NC1CCCCC1)C1=C(O)CC(Cc2ccccc2)NC1=O. The van der Waals surface area contributed by atoms with Crippen LogP contribution in [0, 0.1) is 0 Å². The molecule has 24 heavy (non-hydrogen) atoms. The molecule has 1 saturated carbocycles. The fourth-order valence-electron chi connectivity index (χ4n) is 3.54. The standard InChI is InChI=1S/C19H24N2O3/c22-16-12-15(11-13-7-3-1-4-8-13)21-19(24)17(16)18(23)20-14-9-5-2-6-10-14/h1,3-4,7-8,14-15,22H,2,5-6,9-12H2,(H,20,23)(H,21,24). The lowest BCUT2D eigenvalue weighted by Crippen LogP contribution is -2.47. The summed E-state index contributed by atoms with van der Waals surface area (Å²) in [6, 6.07) is 9.72. The van der Waals surface area contributed by atoms with Gasteiger partial charge >= 0.3 is 0 Å². The highest BCUT2D eigenvalue weighted by atomic mass is 16.3.